The molecule has 0 bridgehead atoms. The molecule has 2 rings (SSSR count). The standard InChI is InChI=1S/C10H13BrN2O/c11-9-4-2-1-3-8(9)10-7-13(12)5-6-14-10/h1-4,10H,5-7,12H2. The van der Waals surface area contributed by atoms with Gasteiger partial charge in [0, 0.05) is 17.6 Å². The molecule has 76 valence electrons. The van der Waals surface area contributed by atoms with Crippen LogP contribution in [0.15, 0.2) is 28.7 Å². The Bertz CT molecular complexity index is 319. The minimum atomic E-state index is 0.0873. The molecule has 0 radical (unpaired) electrons. The van der Waals surface area contributed by atoms with Crippen molar-refractivity contribution in [1.29, 1.82) is 0 Å². The summed E-state index contributed by atoms with van der Waals surface area (Å²) in [6, 6.07) is 8.09. The third-order valence-corrected chi connectivity index (χ3v) is 3.07. The number of halogens is 1. The lowest BCUT2D eigenvalue weighted by Gasteiger charge is -2.30. The first-order chi connectivity index (χ1) is 6.77. The molecule has 0 saturated carbocycles. The van der Waals surface area contributed by atoms with Gasteiger partial charge in [-0.15, -0.1) is 0 Å². The molecule has 0 aromatic heterocycles. The van der Waals surface area contributed by atoms with Gasteiger partial charge in [-0.25, -0.2) is 5.01 Å². The first-order valence-electron chi connectivity index (χ1n) is 4.63. The van der Waals surface area contributed by atoms with Gasteiger partial charge in [0.2, 0.25) is 0 Å². The second kappa shape index (κ2) is 4.40. The summed E-state index contributed by atoms with van der Waals surface area (Å²) in [5.41, 5.74) is 1.17. The summed E-state index contributed by atoms with van der Waals surface area (Å²) in [4.78, 5) is 0. The molecular weight excluding hydrogens is 244 g/mol. The van der Waals surface area contributed by atoms with Crippen LogP contribution in [0.1, 0.15) is 11.7 Å². The van der Waals surface area contributed by atoms with Crippen LogP contribution in [0.4, 0.5) is 0 Å². The number of benzene rings is 1. The Morgan fingerprint density at radius 1 is 1.43 bits per heavy atom. The van der Waals surface area contributed by atoms with Crippen LogP contribution in [0.25, 0.3) is 0 Å². The molecule has 1 fully saturated rings. The first-order valence-corrected chi connectivity index (χ1v) is 5.42. The van der Waals surface area contributed by atoms with Crippen molar-refractivity contribution in [2.75, 3.05) is 19.7 Å². The van der Waals surface area contributed by atoms with E-state index in [0.717, 1.165) is 17.6 Å². The Labute approximate surface area is 91.9 Å². The average molecular weight is 257 g/mol. The maximum absolute atomic E-state index is 5.75. The predicted octanol–water partition coefficient (Wildman–Crippen LogP) is 1.70. The molecule has 1 aliphatic heterocycles. The predicted molar refractivity (Wildman–Crippen MR) is 58.6 cm³/mol. The van der Waals surface area contributed by atoms with Gasteiger partial charge < -0.3 is 4.74 Å². The van der Waals surface area contributed by atoms with Crippen LogP contribution in [0.2, 0.25) is 0 Å². The van der Waals surface area contributed by atoms with E-state index in [1.54, 1.807) is 5.01 Å². The van der Waals surface area contributed by atoms with Crippen molar-refractivity contribution >= 4 is 15.9 Å². The van der Waals surface area contributed by atoms with Gasteiger partial charge in [0.15, 0.2) is 0 Å². The Morgan fingerprint density at radius 2 is 2.21 bits per heavy atom. The summed E-state index contributed by atoms with van der Waals surface area (Å²) in [6.07, 6.45) is 0.0873. The van der Waals surface area contributed by atoms with Gasteiger partial charge in [0.25, 0.3) is 0 Å². The number of hydrazine groups is 1. The number of nitrogens with zero attached hydrogens (tertiary/aromatic N) is 1. The Balaban J connectivity index is 2.18. The number of nitrogens with two attached hydrogens (primary N) is 1. The highest BCUT2D eigenvalue weighted by molar-refractivity contribution is 9.10. The van der Waals surface area contributed by atoms with E-state index in [9.17, 15) is 0 Å². The maximum Gasteiger partial charge on any atom is 0.0977 e. The SMILES string of the molecule is NN1CCOC(c2ccccc2Br)C1. The van der Waals surface area contributed by atoms with Crippen LogP contribution in [0.3, 0.4) is 0 Å². The third kappa shape index (κ3) is 2.15. The summed E-state index contributed by atoms with van der Waals surface area (Å²) in [6.45, 7) is 2.26. The van der Waals surface area contributed by atoms with Gasteiger partial charge in [-0.3, -0.25) is 5.84 Å². The topological polar surface area (TPSA) is 38.5 Å². The highest BCUT2D eigenvalue weighted by atomic mass is 79.9. The molecule has 0 spiro atoms. The molecule has 0 aliphatic carbocycles. The van der Waals surface area contributed by atoms with E-state index >= 15 is 0 Å². The zero-order valence-corrected chi connectivity index (χ0v) is 9.40. The molecule has 3 nitrogen and oxygen atoms in total. The van der Waals surface area contributed by atoms with Crippen LogP contribution < -0.4 is 5.84 Å². The summed E-state index contributed by atoms with van der Waals surface area (Å²) < 4.78 is 6.75. The second-order valence-electron chi connectivity index (χ2n) is 3.38. The molecule has 1 atom stereocenters. The van der Waals surface area contributed by atoms with E-state index in [1.807, 2.05) is 18.2 Å². The van der Waals surface area contributed by atoms with Gasteiger partial charge in [0.05, 0.1) is 12.7 Å². The monoisotopic (exact) mass is 256 g/mol. The summed E-state index contributed by atoms with van der Waals surface area (Å²) >= 11 is 3.51. The van der Waals surface area contributed by atoms with Crippen LogP contribution in [-0.2, 0) is 4.74 Å². The van der Waals surface area contributed by atoms with E-state index < -0.39 is 0 Å². The number of morpholine rings is 1. The highest BCUT2D eigenvalue weighted by Crippen LogP contribution is 2.27. The largest absolute Gasteiger partial charge is 0.371 e. The van der Waals surface area contributed by atoms with Crippen molar-refractivity contribution in [2.45, 2.75) is 6.10 Å². The fourth-order valence-corrected chi connectivity index (χ4v) is 2.13. The molecule has 2 N–H and O–H groups in total. The molecule has 1 aromatic carbocycles. The van der Waals surface area contributed by atoms with Crippen LogP contribution in [0, 0.1) is 0 Å². The number of rotatable bonds is 1. The van der Waals surface area contributed by atoms with E-state index in [0.29, 0.717) is 6.61 Å². The number of ether oxygens (including phenoxy) is 1. The van der Waals surface area contributed by atoms with Gasteiger partial charge in [-0.1, -0.05) is 34.1 Å². The van der Waals surface area contributed by atoms with Crippen molar-refractivity contribution in [2.24, 2.45) is 5.84 Å². The molecule has 1 aromatic rings. The zero-order chi connectivity index (χ0) is 9.97. The lowest BCUT2D eigenvalue weighted by Crippen LogP contribution is -2.42. The normalized spacial score (nSPS) is 23.7. The smallest absolute Gasteiger partial charge is 0.0977 e. The van der Waals surface area contributed by atoms with Crippen molar-refractivity contribution in [1.82, 2.24) is 5.01 Å². The second-order valence-corrected chi connectivity index (χ2v) is 4.23. The maximum atomic E-state index is 5.75. The summed E-state index contributed by atoms with van der Waals surface area (Å²) in [5.74, 6) is 5.75. The lowest BCUT2D eigenvalue weighted by atomic mass is 10.1. The highest BCUT2D eigenvalue weighted by Gasteiger charge is 2.21. The molecular formula is C10H13BrN2O. The molecule has 1 saturated heterocycles. The van der Waals surface area contributed by atoms with Crippen LogP contribution >= 0.6 is 15.9 Å². The van der Waals surface area contributed by atoms with Crippen molar-refractivity contribution < 1.29 is 4.74 Å². The quantitative estimate of drug-likeness (QED) is 0.778. The van der Waals surface area contributed by atoms with Gasteiger partial charge in [0.1, 0.15) is 0 Å². The number of hydrogen-bond acceptors (Lipinski definition) is 3. The van der Waals surface area contributed by atoms with E-state index in [-0.39, 0.29) is 6.10 Å². The fourth-order valence-electron chi connectivity index (χ4n) is 1.59. The molecule has 14 heavy (non-hydrogen) atoms. The first kappa shape index (κ1) is 10.1. The van der Waals surface area contributed by atoms with E-state index in [4.69, 9.17) is 10.6 Å². The molecule has 1 aliphatic rings. The molecule has 4 heteroatoms. The lowest BCUT2D eigenvalue weighted by molar-refractivity contribution is -0.0307. The van der Waals surface area contributed by atoms with Crippen LogP contribution in [0.5, 0.6) is 0 Å². The Morgan fingerprint density at radius 3 is 2.93 bits per heavy atom. The van der Waals surface area contributed by atoms with Crippen molar-refractivity contribution in [3.8, 4) is 0 Å². The molecule has 1 heterocycles. The van der Waals surface area contributed by atoms with Gasteiger partial charge in [-0.05, 0) is 11.6 Å². The third-order valence-electron chi connectivity index (χ3n) is 2.35. The zero-order valence-electron chi connectivity index (χ0n) is 7.82. The number of hydrogen-bond donors (Lipinski definition) is 1. The van der Waals surface area contributed by atoms with E-state index in [1.165, 1.54) is 5.56 Å². The fraction of sp³-hybridized carbons (Fsp3) is 0.400. The van der Waals surface area contributed by atoms with E-state index in [2.05, 4.69) is 22.0 Å². The van der Waals surface area contributed by atoms with Crippen molar-refractivity contribution in [3.63, 3.8) is 0 Å². The molecule has 1 unspecified atom stereocenters. The van der Waals surface area contributed by atoms with Gasteiger partial charge >= 0.3 is 0 Å². The summed E-state index contributed by atoms with van der Waals surface area (Å²) in [5, 5.41) is 1.80. The van der Waals surface area contributed by atoms with Crippen molar-refractivity contribution in [3.05, 3.63) is 34.3 Å². The van der Waals surface area contributed by atoms with Gasteiger partial charge in [-0.2, -0.15) is 0 Å². The molecule has 0 amide bonds. The minimum absolute atomic E-state index is 0.0873. The average Bonchev–Trinajstić information content (AvgIpc) is 2.18. The Hall–Kier alpha value is -0.420. The Kier molecular flexibility index (Phi) is 3.18. The summed E-state index contributed by atoms with van der Waals surface area (Å²) in [7, 11) is 0. The minimum Gasteiger partial charge on any atom is -0.371 e. The van der Waals surface area contributed by atoms with Crippen LogP contribution in [-0.4, -0.2) is 24.7 Å².